The van der Waals surface area contributed by atoms with Gasteiger partial charge in [-0.15, -0.1) is 13.2 Å². The van der Waals surface area contributed by atoms with Gasteiger partial charge in [-0.25, -0.2) is 13.4 Å². The number of halogens is 3. The minimum Gasteiger partial charge on any atom is -0.497 e. The largest absolute Gasteiger partial charge is 0.573 e. The molecule has 0 spiro atoms. The van der Waals surface area contributed by atoms with Crippen LogP contribution >= 0.6 is 0 Å². The lowest BCUT2D eigenvalue weighted by Crippen LogP contribution is -2.30. The molecule has 1 aromatic heterocycles. The number of ether oxygens (including phenoxy) is 4. The Bertz CT molecular complexity index is 1990. The SMILES string of the molecule is COc1ccc(CN(Cc2ccc(OC)cc2)S(=O)(=O)c2cc(NC(=O)Cc3ccccc3OC(F)(F)F)cc3c(OC)nccc23)cc1. The van der Waals surface area contributed by atoms with Crippen molar-refractivity contribution in [3.63, 3.8) is 0 Å². The maximum Gasteiger partial charge on any atom is 0.573 e. The van der Waals surface area contributed by atoms with E-state index < -0.39 is 34.5 Å². The molecule has 0 saturated heterocycles. The van der Waals surface area contributed by atoms with E-state index in [9.17, 15) is 26.4 Å². The molecule has 0 aliphatic heterocycles. The highest BCUT2D eigenvalue weighted by Gasteiger charge is 2.32. The van der Waals surface area contributed by atoms with Gasteiger partial charge in [0.1, 0.15) is 17.2 Å². The van der Waals surface area contributed by atoms with Crippen molar-refractivity contribution in [2.75, 3.05) is 26.6 Å². The van der Waals surface area contributed by atoms with Gasteiger partial charge in [-0.3, -0.25) is 4.79 Å². The summed E-state index contributed by atoms with van der Waals surface area (Å²) in [4.78, 5) is 17.3. The van der Waals surface area contributed by atoms with Crippen LogP contribution in [0.1, 0.15) is 16.7 Å². The van der Waals surface area contributed by atoms with Crippen molar-refractivity contribution in [3.8, 4) is 23.1 Å². The predicted octanol–water partition coefficient (Wildman–Crippen LogP) is 6.73. The van der Waals surface area contributed by atoms with Gasteiger partial charge in [0.15, 0.2) is 0 Å². The molecule has 0 aliphatic carbocycles. The molecule has 0 fully saturated rings. The number of hydrogen-bond donors (Lipinski definition) is 1. The van der Waals surface area contributed by atoms with E-state index in [-0.39, 0.29) is 45.9 Å². The minimum atomic E-state index is -4.96. The summed E-state index contributed by atoms with van der Waals surface area (Å²) in [5.41, 5.74) is 1.41. The molecule has 0 unspecified atom stereocenters. The summed E-state index contributed by atoms with van der Waals surface area (Å²) in [6.07, 6.45) is -4.04. The van der Waals surface area contributed by atoms with Crippen LogP contribution in [0.15, 0.2) is 102 Å². The zero-order valence-electron chi connectivity index (χ0n) is 26.7. The molecule has 0 bridgehead atoms. The van der Waals surface area contributed by atoms with Crippen LogP contribution in [0.2, 0.25) is 0 Å². The Labute approximate surface area is 281 Å². The van der Waals surface area contributed by atoms with Gasteiger partial charge in [0.2, 0.25) is 21.8 Å². The smallest absolute Gasteiger partial charge is 0.497 e. The average Bonchev–Trinajstić information content (AvgIpc) is 3.08. The van der Waals surface area contributed by atoms with E-state index in [1.807, 2.05) is 0 Å². The first-order valence-electron chi connectivity index (χ1n) is 14.8. The Morgan fingerprint density at radius 2 is 1.39 bits per heavy atom. The summed E-state index contributed by atoms with van der Waals surface area (Å²) in [5, 5.41) is 3.20. The quantitative estimate of drug-likeness (QED) is 0.144. The van der Waals surface area contributed by atoms with Gasteiger partial charge in [0.05, 0.1) is 32.6 Å². The molecule has 0 atom stereocenters. The molecule has 0 aliphatic rings. The Morgan fingerprint density at radius 1 is 0.796 bits per heavy atom. The third-order valence-corrected chi connectivity index (χ3v) is 9.32. The molecular formula is C35H32F3N3O7S. The van der Waals surface area contributed by atoms with Crippen LogP contribution in [0, 0.1) is 0 Å². The van der Waals surface area contributed by atoms with Gasteiger partial charge in [-0.05, 0) is 59.7 Å². The molecule has 14 heteroatoms. The first kappa shape index (κ1) is 35.0. The molecule has 4 aromatic carbocycles. The number of amides is 1. The number of pyridine rings is 1. The van der Waals surface area contributed by atoms with Crippen molar-refractivity contribution in [3.05, 3.63) is 114 Å². The molecule has 1 heterocycles. The van der Waals surface area contributed by atoms with E-state index >= 15 is 0 Å². The average molecular weight is 696 g/mol. The summed E-state index contributed by atoms with van der Waals surface area (Å²) in [6.45, 7) is -0.0384. The number of para-hydroxylation sites is 1. The predicted molar refractivity (Wildman–Crippen MR) is 176 cm³/mol. The number of carbonyl (C=O) groups excluding carboxylic acids is 1. The molecule has 1 amide bonds. The van der Waals surface area contributed by atoms with Crippen molar-refractivity contribution in [1.82, 2.24) is 9.29 Å². The second-order valence-corrected chi connectivity index (χ2v) is 12.6. The lowest BCUT2D eigenvalue weighted by atomic mass is 10.1. The number of sulfonamides is 1. The summed E-state index contributed by atoms with van der Waals surface area (Å²) < 4.78 is 89.6. The number of methoxy groups -OCH3 is 3. The van der Waals surface area contributed by atoms with Crippen LogP contribution < -0.4 is 24.3 Å². The lowest BCUT2D eigenvalue weighted by Gasteiger charge is -2.24. The van der Waals surface area contributed by atoms with Crippen molar-refractivity contribution in [2.24, 2.45) is 0 Å². The zero-order valence-corrected chi connectivity index (χ0v) is 27.5. The molecule has 1 N–H and O–H groups in total. The molecule has 0 saturated carbocycles. The Kier molecular flexibility index (Phi) is 10.6. The normalized spacial score (nSPS) is 11.7. The third kappa shape index (κ3) is 8.58. The third-order valence-electron chi connectivity index (χ3n) is 7.49. The molecule has 256 valence electrons. The first-order valence-corrected chi connectivity index (χ1v) is 16.2. The second kappa shape index (κ2) is 14.8. The fourth-order valence-electron chi connectivity index (χ4n) is 5.16. The highest BCUT2D eigenvalue weighted by molar-refractivity contribution is 7.89. The number of fused-ring (bicyclic) bond motifs is 1. The van der Waals surface area contributed by atoms with E-state index in [2.05, 4.69) is 15.0 Å². The number of hydrogen-bond acceptors (Lipinski definition) is 8. The van der Waals surface area contributed by atoms with Gasteiger partial charge in [-0.1, -0.05) is 42.5 Å². The molecule has 5 aromatic rings. The summed E-state index contributed by atoms with van der Waals surface area (Å²) in [7, 11) is 0.105. The van der Waals surface area contributed by atoms with Crippen LogP contribution in [-0.2, 0) is 34.3 Å². The van der Waals surface area contributed by atoms with E-state index in [4.69, 9.17) is 14.2 Å². The first-order chi connectivity index (χ1) is 23.4. The number of alkyl halides is 3. The molecule has 49 heavy (non-hydrogen) atoms. The minimum absolute atomic E-state index is 0.0182. The van der Waals surface area contributed by atoms with E-state index in [1.54, 1.807) is 48.5 Å². The number of aromatic nitrogens is 1. The summed E-state index contributed by atoms with van der Waals surface area (Å²) >= 11 is 0. The van der Waals surface area contributed by atoms with Gasteiger partial charge in [0, 0.05) is 41.3 Å². The van der Waals surface area contributed by atoms with Crippen molar-refractivity contribution < 1.29 is 45.3 Å². The Balaban J connectivity index is 1.56. The van der Waals surface area contributed by atoms with Crippen molar-refractivity contribution in [2.45, 2.75) is 30.8 Å². The van der Waals surface area contributed by atoms with Crippen molar-refractivity contribution >= 4 is 32.4 Å². The number of benzene rings is 4. The van der Waals surface area contributed by atoms with Crippen LogP contribution in [0.5, 0.6) is 23.1 Å². The van der Waals surface area contributed by atoms with Crippen LogP contribution in [-0.4, -0.2) is 51.3 Å². The molecule has 5 rings (SSSR count). The molecule has 0 radical (unpaired) electrons. The van der Waals surface area contributed by atoms with Gasteiger partial charge in [-0.2, -0.15) is 4.31 Å². The molecule has 10 nitrogen and oxygen atoms in total. The van der Waals surface area contributed by atoms with Crippen molar-refractivity contribution in [1.29, 1.82) is 0 Å². The van der Waals surface area contributed by atoms with Gasteiger partial charge >= 0.3 is 6.36 Å². The van der Waals surface area contributed by atoms with Gasteiger partial charge in [0.25, 0.3) is 0 Å². The van der Waals surface area contributed by atoms with Crippen LogP contribution in [0.25, 0.3) is 10.8 Å². The monoisotopic (exact) mass is 695 g/mol. The van der Waals surface area contributed by atoms with E-state index in [0.29, 0.717) is 22.6 Å². The maximum absolute atomic E-state index is 14.7. The Morgan fingerprint density at radius 3 is 1.94 bits per heavy atom. The van der Waals surface area contributed by atoms with E-state index in [0.717, 1.165) is 6.07 Å². The van der Waals surface area contributed by atoms with Gasteiger partial charge < -0.3 is 24.3 Å². The second-order valence-electron chi connectivity index (χ2n) is 10.7. The highest BCUT2D eigenvalue weighted by atomic mass is 32.2. The number of nitrogens with one attached hydrogen (secondary N) is 1. The molecular weight excluding hydrogens is 663 g/mol. The van der Waals surface area contributed by atoms with E-state index in [1.165, 1.54) is 68.2 Å². The standard InChI is InChI=1S/C35H32F3N3O7S/c1-45-27-12-8-23(9-13-27)21-41(22-24-10-14-28(46-2)15-11-24)49(43,44)32-20-26(19-30-29(32)16-17-39-34(30)47-3)40-33(42)18-25-6-4-5-7-31(25)48-35(36,37)38/h4-17,19-20H,18,21-22H2,1-3H3,(H,40,42). The summed E-state index contributed by atoms with van der Waals surface area (Å²) in [6, 6.07) is 23.6. The topological polar surface area (TPSA) is 116 Å². The fraction of sp³-hybridized carbons (Fsp3) is 0.200. The van der Waals surface area contributed by atoms with Crippen LogP contribution in [0.3, 0.4) is 0 Å². The summed E-state index contributed by atoms with van der Waals surface area (Å²) in [5.74, 6) is 0.0818. The Hall–Kier alpha value is -5.34. The lowest BCUT2D eigenvalue weighted by molar-refractivity contribution is -0.274. The number of anilines is 1. The van der Waals surface area contributed by atoms with Crippen LogP contribution in [0.4, 0.5) is 18.9 Å². The number of carbonyl (C=O) groups is 1. The maximum atomic E-state index is 14.7. The highest BCUT2D eigenvalue weighted by Crippen LogP contribution is 2.35. The fourth-order valence-corrected chi connectivity index (χ4v) is 6.81. The number of rotatable bonds is 13. The number of nitrogens with zero attached hydrogens (tertiary/aromatic N) is 2. The zero-order chi connectivity index (χ0) is 35.2.